The summed E-state index contributed by atoms with van der Waals surface area (Å²) in [4.78, 5) is 33.8. The molecule has 1 atom stereocenters. The highest BCUT2D eigenvalue weighted by Crippen LogP contribution is 2.44. The number of aromatic nitrogens is 1. The predicted molar refractivity (Wildman–Crippen MR) is 139 cm³/mol. The number of hydrogen-bond acceptors (Lipinski definition) is 7. The first-order valence-corrected chi connectivity index (χ1v) is 12.1. The third kappa shape index (κ3) is 3.46. The summed E-state index contributed by atoms with van der Waals surface area (Å²) < 4.78 is 18.0. The van der Waals surface area contributed by atoms with E-state index in [0.29, 0.717) is 39.8 Å². The zero-order valence-corrected chi connectivity index (χ0v) is 20.1. The summed E-state index contributed by atoms with van der Waals surface area (Å²) in [6.07, 6.45) is 1.66. The number of benzene rings is 3. The van der Waals surface area contributed by atoms with Crippen molar-refractivity contribution in [2.45, 2.75) is 6.04 Å². The number of carbonyl (C=O) groups excluding carboxylic acids is 1. The quantitative estimate of drug-likeness (QED) is 0.280. The fourth-order valence-corrected chi connectivity index (χ4v) is 5.51. The Kier molecular flexibility index (Phi) is 5.30. The van der Waals surface area contributed by atoms with Crippen LogP contribution in [0.4, 0.5) is 5.13 Å². The molecule has 1 aliphatic heterocycles. The van der Waals surface area contributed by atoms with Gasteiger partial charge in [0, 0.05) is 0 Å². The number of methoxy groups -OCH3 is 1. The maximum Gasteiger partial charge on any atom is 0.297 e. The van der Waals surface area contributed by atoms with E-state index in [9.17, 15) is 9.59 Å². The number of hydrogen-bond donors (Lipinski definition) is 0. The second-order valence-corrected chi connectivity index (χ2v) is 9.26. The van der Waals surface area contributed by atoms with E-state index in [1.165, 1.54) is 16.2 Å². The first kappa shape index (κ1) is 22.1. The molecule has 7 nitrogen and oxygen atoms in total. The van der Waals surface area contributed by atoms with Crippen molar-refractivity contribution in [1.82, 2.24) is 4.98 Å². The van der Waals surface area contributed by atoms with Gasteiger partial charge in [-0.1, -0.05) is 48.3 Å². The van der Waals surface area contributed by atoms with Crippen LogP contribution in [-0.4, -0.2) is 24.6 Å². The second kappa shape index (κ2) is 8.66. The smallest absolute Gasteiger partial charge is 0.297 e. The van der Waals surface area contributed by atoms with E-state index in [2.05, 4.69) is 6.58 Å². The first-order chi connectivity index (χ1) is 17.6. The van der Waals surface area contributed by atoms with Crippen LogP contribution >= 0.6 is 11.3 Å². The first-order valence-electron chi connectivity index (χ1n) is 11.3. The molecule has 1 aliphatic rings. The van der Waals surface area contributed by atoms with Crippen molar-refractivity contribution >= 4 is 43.6 Å². The van der Waals surface area contributed by atoms with Crippen LogP contribution in [0, 0.1) is 0 Å². The maximum atomic E-state index is 13.8. The molecule has 0 saturated carbocycles. The topological polar surface area (TPSA) is 81.9 Å². The minimum Gasteiger partial charge on any atom is -0.497 e. The highest BCUT2D eigenvalue weighted by Gasteiger charge is 2.45. The highest BCUT2D eigenvalue weighted by atomic mass is 32.1. The summed E-state index contributed by atoms with van der Waals surface area (Å²) in [5.41, 5.74) is 1.85. The minimum absolute atomic E-state index is 0.0259. The minimum atomic E-state index is -0.733. The Hall–Kier alpha value is -4.43. The lowest BCUT2D eigenvalue weighted by Crippen LogP contribution is -2.29. The lowest BCUT2D eigenvalue weighted by atomic mass is 9.98. The number of ether oxygens (including phenoxy) is 2. The normalized spacial score (nSPS) is 14.9. The average Bonchev–Trinajstić information content (AvgIpc) is 3.45. The fourth-order valence-electron chi connectivity index (χ4n) is 4.48. The van der Waals surface area contributed by atoms with Gasteiger partial charge in [0.05, 0.1) is 34.3 Å². The Labute approximate surface area is 209 Å². The average molecular weight is 497 g/mol. The molecule has 2 aromatic heterocycles. The van der Waals surface area contributed by atoms with Gasteiger partial charge in [-0.25, -0.2) is 4.98 Å². The molecule has 0 unspecified atom stereocenters. The molecule has 0 N–H and O–H groups in total. The zero-order chi connectivity index (χ0) is 24.8. The Morgan fingerprint density at radius 1 is 1.08 bits per heavy atom. The second-order valence-electron chi connectivity index (χ2n) is 8.25. The number of amides is 1. The molecule has 0 fully saturated rings. The van der Waals surface area contributed by atoms with Crippen LogP contribution in [0.5, 0.6) is 11.5 Å². The van der Waals surface area contributed by atoms with E-state index in [4.69, 9.17) is 18.9 Å². The van der Waals surface area contributed by atoms with Crippen molar-refractivity contribution in [3.05, 3.63) is 106 Å². The lowest BCUT2D eigenvalue weighted by molar-refractivity contribution is 0.0971. The molecular weight excluding hydrogens is 476 g/mol. The molecule has 3 aromatic carbocycles. The third-order valence-electron chi connectivity index (χ3n) is 6.11. The number of nitrogens with zero attached hydrogens (tertiary/aromatic N) is 2. The van der Waals surface area contributed by atoms with Gasteiger partial charge in [0.2, 0.25) is 5.76 Å². The van der Waals surface area contributed by atoms with E-state index in [1.807, 2.05) is 42.5 Å². The molecule has 178 valence electrons. The predicted octanol–water partition coefficient (Wildman–Crippen LogP) is 5.73. The standard InChI is InChI=1S/C28H20N2O5S/c1-3-13-34-18-8-6-7-16(14-18)24-23-25(31)19-9-4-5-10-21(19)35-26(23)27(32)30(24)28-29-20-12-11-17(33-2)15-22(20)36-28/h3-12,14-15,24H,1,13H2,2H3/t24-/m0/s1. The Bertz CT molecular complexity index is 1720. The van der Waals surface area contributed by atoms with Crippen molar-refractivity contribution in [3.8, 4) is 11.5 Å². The Balaban J connectivity index is 1.58. The molecule has 0 saturated heterocycles. The van der Waals surface area contributed by atoms with Gasteiger partial charge in [0.25, 0.3) is 5.91 Å². The van der Waals surface area contributed by atoms with Gasteiger partial charge in [-0.05, 0) is 48.0 Å². The molecular formula is C28H20N2O5S. The van der Waals surface area contributed by atoms with Crippen LogP contribution in [-0.2, 0) is 0 Å². The number of anilines is 1. The van der Waals surface area contributed by atoms with Crippen molar-refractivity contribution in [2.24, 2.45) is 0 Å². The van der Waals surface area contributed by atoms with Gasteiger partial charge in [-0.3, -0.25) is 14.5 Å². The van der Waals surface area contributed by atoms with Gasteiger partial charge < -0.3 is 13.9 Å². The number of rotatable bonds is 6. The summed E-state index contributed by atoms with van der Waals surface area (Å²) >= 11 is 1.35. The molecule has 0 bridgehead atoms. The molecule has 0 aliphatic carbocycles. The van der Waals surface area contributed by atoms with Gasteiger partial charge >= 0.3 is 0 Å². The van der Waals surface area contributed by atoms with Crippen LogP contribution in [0.2, 0.25) is 0 Å². The van der Waals surface area contributed by atoms with Crippen LogP contribution in [0.15, 0.2) is 88.6 Å². The highest BCUT2D eigenvalue weighted by molar-refractivity contribution is 7.22. The summed E-state index contributed by atoms with van der Waals surface area (Å²) in [5, 5.41) is 0.879. The van der Waals surface area contributed by atoms with Crippen LogP contribution < -0.4 is 19.8 Å². The Morgan fingerprint density at radius 2 is 1.94 bits per heavy atom. The summed E-state index contributed by atoms with van der Waals surface area (Å²) in [6, 6.07) is 19.1. The summed E-state index contributed by atoms with van der Waals surface area (Å²) in [6.45, 7) is 4.03. The van der Waals surface area contributed by atoms with E-state index in [0.717, 1.165) is 10.2 Å². The van der Waals surface area contributed by atoms with Crippen LogP contribution in [0.25, 0.3) is 21.2 Å². The molecule has 8 heteroatoms. The van der Waals surface area contributed by atoms with Crippen LogP contribution in [0.3, 0.4) is 0 Å². The van der Waals surface area contributed by atoms with Crippen molar-refractivity contribution < 1.29 is 18.7 Å². The van der Waals surface area contributed by atoms with Crippen LogP contribution in [0.1, 0.15) is 27.7 Å². The van der Waals surface area contributed by atoms with E-state index in [-0.39, 0.29) is 16.8 Å². The molecule has 5 aromatic rings. The van der Waals surface area contributed by atoms with E-state index >= 15 is 0 Å². The molecule has 0 radical (unpaired) electrons. The van der Waals surface area contributed by atoms with Crippen molar-refractivity contribution in [3.63, 3.8) is 0 Å². The lowest BCUT2D eigenvalue weighted by Gasteiger charge is -2.23. The Morgan fingerprint density at radius 3 is 2.78 bits per heavy atom. The molecule has 6 rings (SSSR count). The summed E-state index contributed by atoms with van der Waals surface area (Å²) in [5.74, 6) is 0.909. The zero-order valence-electron chi connectivity index (χ0n) is 19.3. The molecule has 36 heavy (non-hydrogen) atoms. The number of fused-ring (bicyclic) bond motifs is 3. The van der Waals surface area contributed by atoms with Crippen molar-refractivity contribution in [1.29, 1.82) is 0 Å². The van der Waals surface area contributed by atoms with Gasteiger partial charge in [-0.2, -0.15) is 0 Å². The molecule has 0 spiro atoms. The third-order valence-corrected chi connectivity index (χ3v) is 7.13. The van der Waals surface area contributed by atoms with E-state index < -0.39 is 11.9 Å². The number of para-hydroxylation sites is 1. The van der Waals surface area contributed by atoms with Crippen molar-refractivity contribution in [2.75, 3.05) is 18.6 Å². The SMILES string of the molecule is C=CCOc1cccc([C@H]2c3c(oc4ccccc4c3=O)C(=O)N2c2nc3ccc(OC)cc3s2)c1. The van der Waals surface area contributed by atoms with Gasteiger partial charge in [0.1, 0.15) is 23.7 Å². The van der Waals surface area contributed by atoms with E-state index in [1.54, 1.807) is 37.5 Å². The fraction of sp³-hybridized carbons (Fsp3) is 0.107. The van der Waals surface area contributed by atoms with Gasteiger partial charge in [0.15, 0.2) is 10.6 Å². The molecule has 1 amide bonds. The largest absolute Gasteiger partial charge is 0.497 e. The number of carbonyl (C=O) groups is 1. The van der Waals surface area contributed by atoms with Gasteiger partial charge in [-0.15, -0.1) is 0 Å². The summed E-state index contributed by atoms with van der Waals surface area (Å²) in [7, 11) is 1.60. The number of thiazole rings is 1. The molecule has 3 heterocycles. The maximum absolute atomic E-state index is 13.8. The monoisotopic (exact) mass is 496 g/mol.